The molecule has 0 atom stereocenters. The number of nitrogens with zero attached hydrogens (tertiary/aromatic N) is 3. The molecule has 5 nitrogen and oxygen atoms in total. The second-order valence-corrected chi connectivity index (χ2v) is 7.68. The van der Waals surface area contributed by atoms with E-state index < -0.39 is 0 Å². The van der Waals surface area contributed by atoms with Gasteiger partial charge in [0, 0.05) is 50.1 Å². The first-order valence-corrected chi connectivity index (χ1v) is 9.35. The Balaban J connectivity index is 1.46. The number of thiophene rings is 1. The average Bonchev–Trinajstić information content (AvgIpc) is 3.24. The van der Waals surface area contributed by atoms with Crippen LogP contribution in [0.1, 0.15) is 27.4 Å². The summed E-state index contributed by atoms with van der Waals surface area (Å²) in [5.74, 6) is 0.134. The molecular weight excluding hydrogens is 330 g/mol. The molecule has 3 heterocycles. The van der Waals surface area contributed by atoms with Crippen molar-refractivity contribution in [2.75, 3.05) is 31.1 Å². The van der Waals surface area contributed by atoms with Gasteiger partial charge in [0.15, 0.2) is 10.9 Å². The zero-order valence-corrected chi connectivity index (χ0v) is 14.7. The highest BCUT2D eigenvalue weighted by atomic mass is 32.1. The number of hydrogen-bond acceptors (Lipinski definition) is 6. The van der Waals surface area contributed by atoms with Crippen LogP contribution in [0.4, 0.5) is 5.13 Å². The lowest BCUT2D eigenvalue weighted by molar-refractivity contribution is -0.131. The molecule has 0 N–H and O–H groups in total. The fourth-order valence-electron chi connectivity index (χ4n) is 2.58. The van der Waals surface area contributed by atoms with Crippen LogP contribution in [0.3, 0.4) is 0 Å². The molecule has 0 bridgehead atoms. The largest absolute Gasteiger partial charge is 0.345 e. The van der Waals surface area contributed by atoms with Gasteiger partial charge in [-0.15, -0.1) is 22.7 Å². The first-order chi connectivity index (χ1) is 11.1. The maximum atomic E-state index is 12.3. The van der Waals surface area contributed by atoms with E-state index in [1.54, 1.807) is 11.3 Å². The van der Waals surface area contributed by atoms with Crippen molar-refractivity contribution in [2.45, 2.75) is 19.8 Å². The number of rotatable bonds is 5. The molecule has 122 valence electrons. The number of hydrogen-bond donors (Lipinski definition) is 0. The van der Waals surface area contributed by atoms with Crippen molar-refractivity contribution in [2.24, 2.45) is 0 Å². The van der Waals surface area contributed by atoms with Crippen molar-refractivity contribution in [1.82, 2.24) is 9.88 Å². The van der Waals surface area contributed by atoms with Gasteiger partial charge >= 0.3 is 0 Å². The second-order valence-electron chi connectivity index (χ2n) is 5.52. The topological polar surface area (TPSA) is 53.5 Å². The van der Waals surface area contributed by atoms with Gasteiger partial charge in [0.2, 0.25) is 5.91 Å². The van der Waals surface area contributed by atoms with Gasteiger partial charge in [-0.2, -0.15) is 0 Å². The van der Waals surface area contributed by atoms with Crippen LogP contribution in [0.25, 0.3) is 0 Å². The van der Waals surface area contributed by atoms with E-state index in [0.29, 0.717) is 25.9 Å². The molecule has 0 unspecified atom stereocenters. The number of aryl methyl sites for hydroxylation is 1. The van der Waals surface area contributed by atoms with Crippen LogP contribution in [-0.4, -0.2) is 47.8 Å². The third kappa shape index (κ3) is 3.97. The number of ketones is 1. The summed E-state index contributed by atoms with van der Waals surface area (Å²) in [6, 6.07) is 3.67. The number of carbonyl (C=O) groups is 2. The molecule has 3 rings (SSSR count). The van der Waals surface area contributed by atoms with E-state index in [0.717, 1.165) is 23.1 Å². The van der Waals surface area contributed by atoms with Crippen molar-refractivity contribution >= 4 is 39.5 Å². The summed E-state index contributed by atoms with van der Waals surface area (Å²) in [5.41, 5.74) is 0. The number of aromatic nitrogens is 1. The van der Waals surface area contributed by atoms with Crippen molar-refractivity contribution in [3.63, 3.8) is 0 Å². The van der Waals surface area contributed by atoms with Crippen LogP contribution >= 0.6 is 22.7 Å². The maximum absolute atomic E-state index is 12.3. The third-order valence-corrected chi connectivity index (χ3v) is 5.76. The third-order valence-electron chi connectivity index (χ3n) is 3.87. The Bertz CT molecular complexity index is 673. The normalized spacial score (nSPS) is 15.0. The Morgan fingerprint density at radius 2 is 2.00 bits per heavy atom. The van der Waals surface area contributed by atoms with Gasteiger partial charge in [-0.3, -0.25) is 9.59 Å². The van der Waals surface area contributed by atoms with Crippen LogP contribution < -0.4 is 4.90 Å². The number of piperazine rings is 1. The SMILES string of the molecule is Cc1cnc(N2CCN(C(=O)CCC(=O)c3cccs3)CC2)s1. The van der Waals surface area contributed by atoms with E-state index in [9.17, 15) is 9.59 Å². The summed E-state index contributed by atoms with van der Waals surface area (Å²) < 4.78 is 0. The molecule has 7 heteroatoms. The smallest absolute Gasteiger partial charge is 0.223 e. The number of thiazole rings is 1. The Morgan fingerprint density at radius 3 is 2.61 bits per heavy atom. The Kier molecular flexibility index (Phi) is 5.07. The Labute approximate surface area is 143 Å². The van der Waals surface area contributed by atoms with Crippen LogP contribution in [-0.2, 0) is 4.79 Å². The molecule has 2 aromatic rings. The first kappa shape index (κ1) is 16.1. The predicted octanol–water partition coefficient (Wildman–Crippen LogP) is 2.82. The lowest BCUT2D eigenvalue weighted by atomic mass is 10.1. The summed E-state index contributed by atoms with van der Waals surface area (Å²) >= 11 is 3.12. The van der Waals surface area contributed by atoms with Crippen LogP contribution in [0, 0.1) is 6.92 Å². The summed E-state index contributed by atoms with van der Waals surface area (Å²) in [6.07, 6.45) is 2.48. The highest BCUT2D eigenvalue weighted by Gasteiger charge is 2.23. The lowest BCUT2D eigenvalue weighted by Gasteiger charge is -2.34. The Hall–Kier alpha value is -1.73. The molecule has 0 spiro atoms. The van der Waals surface area contributed by atoms with Crippen molar-refractivity contribution < 1.29 is 9.59 Å². The standard InChI is InChI=1S/C16H19N3O2S2/c1-12-11-17-16(23-12)19-8-6-18(7-9-19)15(21)5-4-13(20)14-3-2-10-22-14/h2-3,10-11H,4-9H2,1H3. The van der Waals surface area contributed by atoms with Crippen LogP contribution in [0.2, 0.25) is 0 Å². The molecule has 23 heavy (non-hydrogen) atoms. The second kappa shape index (κ2) is 7.23. The minimum Gasteiger partial charge on any atom is -0.345 e. The summed E-state index contributed by atoms with van der Waals surface area (Å²) in [7, 11) is 0. The molecule has 1 aliphatic heterocycles. The molecule has 0 aromatic carbocycles. The summed E-state index contributed by atoms with van der Waals surface area (Å²) in [6.45, 7) is 5.05. The van der Waals surface area contributed by atoms with Gasteiger partial charge in [-0.05, 0) is 18.4 Å². The Morgan fingerprint density at radius 1 is 1.22 bits per heavy atom. The molecule has 1 fully saturated rings. The van der Waals surface area contributed by atoms with Crippen molar-refractivity contribution in [3.8, 4) is 0 Å². The predicted molar refractivity (Wildman–Crippen MR) is 93.5 cm³/mol. The fraction of sp³-hybridized carbons (Fsp3) is 0.438. The number of anilines is 1. The number of amides is 1. The van der Waals surface area contributed by atoms with Gasteiger partial charge in [0.05, 0.1) is 4.88 Å². The lowest BCUT2D eigenvalue weighted by Crippen LogP contribution is -2.48. The van der Waals surface area contributed by atoms with Crippen molar-refractivity contribution in [3.05, 3.63) is 33.5 Å². The van der Waals surface area contributed by atoms with Gasteiger partial charge in [-0.1, -0.05) is 6.07 Å². The zero-order chi connectivity index (χ0) is 16.2. The van der Waals surface area contributed by atoms with Crippen LogP contribution in [0.15, 0.2) is 23.7 Å². The minimum absolute atomic E-state index is 0.0604. The van der Waals surface area contributed by atoms with Crippen molar-refractivity contribution in [1.29, 1.82) is 0 Å². The monoisotopic (exact) mass is 349 g/mol. The molecule has 1 saturated heterocycles. The van der Waals surface area contributed by atoms with Gasteiger partial charge < -0.3 is 9.80 Å². The van der Waals surface area contributed by atoms with E-state index in [2.05, 4.69) is 9.88 Å². The average molecular weight is 349 g/mol. The molecule has 0 aliphatic carbocycles. The minimum atomic E-state index is 0.0604. The van der Waals surface area contributed by atoms with Gasteiger partial charge in [0.1, 0.15) is 0 Å². The maximum Gasteiger partial charge on any atom is 0.223 e. The highest BCUT2D eigenvalue weighted by Crippen LogP contribution is 2.23. The highest BCUT2D eigenvalue weighted by molar-refractivity contribution is 7.15. The fourth-order valence-corrected chi connectivity index (χ4v) is 4.08. The van der Waals surface area contributed by atoms with Gasteiger partial charge in [0.25, 0.3) is 0 Å². The molecule has 1 aliphatic rings. The summed E-state index contributed by atoms with van der Waals surface area (Å²) in [5, 5.41) is 2.91. The number of carbonyl (C=O) groups excluding carboxylic acids is 2. The molecule has 0 saturated carbocycles. The van der Waals surface area contributed by atoms with Gasteiger partial charge in [-0.25, -0.2) is 4.98 Å². The molecule has 1 amide bonds. The molecule has 0 radical (unpaired) electrons. The van der Waals surface area contributed by atoms with Crippen LogP contribution in [0.5, 0.6) is 0 Å². The first-order valence-electron chi connectivity index (χ1n) is 7.65. The zero-order valence-electron chi connectivity index (χ0n) is 13.0. The number of Topliss-reactive ketones (excluding diaryl/α,β-unsaturated/α-hetero) is 1. The van der Waals surface area contributed by atoms with E-state index in [4.69, 9.17) is 0 Å². The van der Waals surface area contributed by atoms with E-state index in [1.165, 1.54) is 16.2 Å². The molecule has 2 aromatic heterocycles. The summed E-state index contributed by atoms with van der Waals surface area (Å²) in [4.78, 5) is 34.6. The van der Waals surface area contributed by atoms with E-state index >= 15 is 0 Å². The van der Waals surface area contributed by atoms with E-state index in [1.807, 2.05) is 35.5 Å². The van der Waals surface area contributed by atoms with E-state index in [-0.39, 0.29) is 11.7 Å². The quantitative estimate of drug-likeness (QED) is 0.779. The molecular formula is C16H19N3O2S2.